The fraction of sp³-hybridized carbons (Fsp3) is 0.786. The van der Waals surface area contributed by atoms with E-state index in [0.29, 0.717) is 6.54 Å². The van der Waals surface area contributed by atoms with Gasteiger partial charge in [-0.3, -0.25) is 4.68 Å². The number of aliphatic hydroxyl groups excluding tert-OH is 1. The highest BCUT2D eigenvalue weighted by molar-refractivity contribution is 6.31. The van der Waals surface area contributed by atoms with E-state index in [-0.39, 0.29) is 12.1 Å². The maximum absolute atomic E-state index is 9.98. The Labute approximate surface area is 120 Å². The number of hydrogen-bond acceptors (Lipinski definition) is 3. The summed E-state index contributed by atoms with van der Waals surface area (Å²) >= 11 is 6.38. The number of aliphatic hydroxyl groups is 1. The highest BCUT2D eigenvalue weighted by Gasteiger charge is 2.23. The van der Waals surface area contributed by atoms with Crippen molar-refractivity contribution in [3.8, 4) is 0 Å². The Morgan fingerprint density at radius 2 is 2.11 bits per heavy atom. The van der Waals surface area contributed by atoms with E-state index in [4.69, 9.17) is 11.6 Å². The third-order valence-corrected chi connectivity index (χ3v) is 4.39. The molecule has 1 aliphatic rings. The van der Waals surface area contributed by atoms with Crippen LogP contribution in [-0.2, 0) is 19.5 Å². The van der Waals surface area contributed by atoms with Gasteiger partial charge in [0.05, 0.1) is 22.5 Å². The molecule has 0 radical (unpaired) electrons. The molecular formula is C14H24ClN3O. The van der Waals surface area contributed by atoms with Gasteiger partial charge in [-0.2, -0.15) is 5.10 Å². The van der Waals surface area contributed by atoms with Crippen molar-refractivity contribution in [2.75, 3.05) is 0 Å². The molecule has 1 heterocycles. The van der Waals surface area contributed by atoms with Crippen LogP contribution in [0.5, 0.6) is 0 Å². The van der Waals surface area contributed by atoms with Crippen molar-refractivity contribution >= 4 is 11.6 Å². The summed E-state index contributed by atoms with van der Waals surface area (Å²) in [5, 5.41) is 18.7. The molecule has 0 saturated heterocycles. The Bertz CT molecular complexity index is 419. The van der Waals surface area contributed by atoms with Gasteiger partial charge in [0.1, 0.15) is 0 Å². The van der Waals surface area contributed by atoms with Crippen molar-refractivity contribution in [2.24, 2.45) is 0 Å². The number of aromatic nitrogens is 2. The fourth-order valence-electron chi connectivity index (χ4n) is 2.76. The van der Waals surface area contributed by atoms with E-state index in [9.17, 15) is 5.11 Å². The zero-order valence-electron chi connectivity index (χ0n) is 11.8. The first-order chi connectivity index (χ1) is 9.17. The van der Waals surface area contributed by atoms with Crippen molar-refractivity contribution in [3.05, 3.63) is 16.4 Å². The van der Waals surface area contributed by atoms with Crippen molar-refractivity contribution in [3.63, 3.8) is 0 Å². The van der Waals surface area contributed by atoms with Gasteiger partial charge in [0, 0.05) is 19.1 Å². The van der Waals surface area contributed by atoms with Crippen LogP contribution in [0.25, 0.3) is 0 Å². The van der Waals surface area contributed by atoms with E-state index in [1.807, 2.05) is 4.68 Å². The summed E-state index contributed by atoms with van der Waals surface area (Å²) in [6.45, 7) is 5.64. The molecule has 1 aromatic rings. The van der Waals surface area contributed by atoms with Gasteiger partial charge in [-0.25, -0.2) is 0 Å². The van der Waals surface area contributed by atoms with Crippen molar-refractivity contribution in [1.82, 2.24) is 15.1 Å². The molecule has 1 aromatic heterocycles. The van der Waals surface area contributed by atoms with Gasteiger partial charge < -0.3 is 10.4 Å². The second-order valence-electron chi connectivity index (χ2n) is 5.22. The van der Waals surface area contributed by atoms with Crippen LogP contribution in [0.4, 0.5) is 0 Å². The molecule has 2 unspecified atom stereocenters. The second-order valence-corrected chi connectivity index (χ2v) is 5.59. The van der Waals surface area contributed by atoms with Gasteiger partial charge in [0.2, 0.25) is 0 Å². The summed E-state index contributed by atoms with van der Waals surface area (Å²) in [5.41, 5.74) is 2.00. The topological polar surface area (TPSA) is 50.1 Å². The molecule has 1 aliphatic carbocycles. The predicted octanol–water partition coefficient (Wildman–Crippen LogP) is 2.51. The van der Waals surface area contributed by atoms with Crippen LogP contribution in [0.1, 0.15) is 50.9 Å². The number of nitrogens with one attached hydrogen (secondary N) is 1. The van der Waals surface area contributed by atoms with E-state index in [1.165, 1.54) is 6.42 Å². The highest BCUT2D eigenvalue weighted by atomic mass is 35.5. The monoisotopic (exact) mass is 285 g/mol. The maximum Gasteiger partial charge on any atom is 0.0863 e. The molecule has 19 heavy (non-hydrogen) atoms. The van der Waals surface area contributed by atoms with Crippen LogP contribution in [0.3, 0.4) is 0 Å². The lowest BCUT2D eigenvalue weighted by molar-refractivity contribution is 0.0899. The Kier molecular flexibility index (Phi) is 5.25. The molecule has 108 valence electrons. The molecule has 0 bridgehead atoms. The van der Waals surface area contributed by atoms with Crippen LogP contribution < -0.4 is 5.32 Å². The standard InChI is InChI=1S/C14H24ClN3O/c1-3-10-14(15)12(18(4-2)17-10)9-16-11-7-5-6-8-13(11)19/h11,13,16,19H,3-9H2,1-2H3. The van der Waals surface area contributed by atoms with E-state index in [1.54, 1.807) is 0 Å². The van der Waals surface area contributed by atoms with Crippen molar-refractivity contribution in [2.45, 2.75) is 71.2 Å². The lowest BCUT2D eigenvalue weighted by Crippen LogP contribution is -2.41. The minimum Gasteiger partial charge on any atom is -0.392 e. The maximum atomic E-state index is 9.98. The minimum atomic E-state index is -0.226. The molecule has 2 N–H and O–H groups in total. The van der Waals surface area contributed by atoms with Crippen molar-refractivity contribution in [1.29, 1.82) is 0 Å². The SMILES string of the molecule is CCc1nn(CC)c(CNC2CCCCC2O)c1Cl. The summed E-state index contributed by atoms with van der Waals surface area (Å²) in [7, 11) is 0. The van der Waals surface area contributed by atoms with Crippen LogP contribution in [0, 0.1) is 0 Å². The summed E-state index contributed by atoms with van der Waals surface area (Å²) in [6, 6.07) is 0.190. The number of nitrogens with zero attached hydrogens (tertiary/aromatic N) is 2. The van der Waals surface area contributed by atoms with E-state index in [0.717, 1.165) is 48.6 Å². The van der Waals surface area contributed by atoms with Gasteiger partial charge in [0.15, 0.2) is 0 Å². The van der Waals surface area contributed by atoms with Gasteiger partial charge in [-0.1, -0.05) is 31.4 Å². The Morgan fingerprint density at radius 1 is 1.37 bits per heavy atom. The zero-order chi connectivity index (χ0) is 13.8. The lowest BCUT2D eigenvalue weighted by Gasteiger charge is -2.28. The summed E-state index contributed by atoms with van der Waals surface area (Å²) < 4.78 is 1.96. The molecule has 2 rings (SSSR count). The van der Waals surface area contributed by atoms with Crippen LogP contribution in [0.15, 0.2) is 0 Å². The average molecular weight is 286 g/mol. The summed E-state index contributed by atoms with van der Waals surface area (Å²) in [5.74, 6) is 0. The smallest absolute Gasteiger partial charge is 0.0863 e. The molecular weight excluding hydrogens is 262 g/mol. The first-order valence-corrected chi connectivity index (χ1v) is 7.70. The fourth-order valence-corrected chi connectivity index (χ4v) is 3.10. The third-order valence-electron chi connectivity index (χ3n) is 3.96. The normalized spacial score (nSPS) is 23.8. The summed E-state index contributed by atoms with van der Waals surface area (Å²) in [4.78, 5) is 0. The number of aryl methyl sites for hydroxylation is 2. The van der Waals surface area contributed by atoms with Gasteiger partial charge >= 0.3 is 0 Å². The van der Waals surface area contributed by atoms with Gasteiger partial charge in [-0.05, 0) is 26.2 Å². The molecule has 2 atom stereocenters. The van der Waals surface area contributed by atoms with Gasteiger partial charge in [-0.15, -0.1) is 0 Å². The Morgan fingerprint density at radius 3 is 2.74 bits per heavy atom. The van der Waals surface area contributed by atoms with Crippen LogP contribution >= 0.6 is 11.6 Å². The molecule has 0 spiro atoms. The molecule has 5 heteroatoms. The van der Waals surface area contributed by atoms with Gasteiger partial charge in [0.25, 0.3) is 0 Å². The van der Waals surface area contributed by atoms with E-state index >= 15 is 0 Å². The molecule has 0 aromatic carbocycles. The Hall–Kier alpha value is -0.580. The molecule has 1 fully saturated rings. The number of hydrogen-bond donors (Lipinski definition) is 2. The van der Waals surface area contributed by atoms with E-state index in [2.05, 4.69) is 24.3 Å². The van der Waals surface area contributed by atoms with Crippen molar-refractivity contribution < 1.29 is 5.11 Å². The predicted molar refractivity (Wildman–Crippen MR) is 77.4 cm³/mol. The molecule has 4 nitrogen and oxygen atoms in total. The first-order valence-electron chi connectivity index (χ1n) is 7.32. The largest absolute Gasteiger partial charge is 0.392 e. The molecule has 0 amide bonds. The lowest BCUT2D eigenvalue weighted by atomic mass is 9.92. The number of halogens is 1. The third kappa shape index (κ3) is 3.30. The first kappa shape index (κ1) is 14.8. The highest BCUT2D eigenvalue weighted by Crippen LogP contribution is 2.23. The summed E-state index contributed by atoms with van der Waals surface area (Å²) in [6.07, 6.45) is 4.89. The molecule has 0 aliphatic heterocycles. The average Bonchev–Trinajstić information content (AvgIpc) is 2.74. The second kappa shape index (κ2) is 6.73. The Balaban J connectivity index is 2.04. The van der Waals surface area contributed by atoms with Crippen LogP contribution in [-0.4, -0.2) is 27.0 Å². The van der Waals surface area contributed by atoms with Crippen LogP contribution in [0.2, 0.25) is 5.02 Å². The zero-order valence-corrected chi connectivity index (χ0v) is 12.6. The van der Waals surface area contributed by atoms with E-state index < -0.39 is 0 Å². The molecule has 1 saturated carbocycles. The number of rotatable bonds is 5. The minimum absolute atomic E-state index is 0.190. The quantitative estimate of drug-likeness (QED) is 0.874.